The minimum atomic E-state index is -0.317. The summed E-state index contributed by atoms with van der Waals surface area (Å²) < 4.78 is 13.4. The molecule has 0 saturated heterocycles. The van der Waals surface area contributed by atoms with Gasteiger partial charge in [0.05, 0.1) is 11.3 Å². The van der Waals surface area contributed by atoms with Gasteiger partial charge in [-0.25, -0.2) is 4.39 Å². The largest absolute Gasteiger partial charge is 0.343 e. The first-order valence-electron chi connectivity index (χ1n) is 6.32. The topological polar surface area (TPSA) is 53.0 Å². The highest BCUT2D eigenvalue weighted by Crippen LogP contribution is 2.32. The van der Waals surface area contributed by atoms with Crippen molar-refractivity contribution in [1.29, 1.82) is 5.26 Å². The molecule has 0 spiro atoms. The molecule has 0 bridgehead atoms. The van der Waals surface area contributed by atoms with Gasteiger partial charge in [0.15, 0.2) is 0 Å². The third-order valence-electron chi connectivity index (χ3n) is 3.23. The van der Waals surface area contributed by atoms with Crippen molar-refractivity contribution >= 4 is 11.4 Å². The van der Waals surface area contributed by atoms with Crippen LogP contribution in [0.25, 0.3) is 0 Å². The first kappa shape index (κ1) is 14.0. The number of nitrogens with two attached hydrogens (primary N) is 1. The van der Waals surface area contributed by atoms with Gasteiger partial charge in [0.25, 0.3) is 0 Å². The maximum Gasteiger partial charge on any atom is 0.123 e. The fourth-order valence-electron chi connectivity index (χ4n) is 2.19. The first-order chi connectivity index (χ1) is 9.54. The molecule has 2 aromatic carbocycles. The van der Waals surface area contributed by atoms with E-state index in [1.807, 2.05) is 37.1 Å². The van der Waals surface area contributed by atoms with Crippen LogP contribution in [0.1, 0.15) is 24.1 Å². The van der Waals surface area contributed by atoms with Gasteiger partial charge in [0.1, 0.15) is 11.9 Å². The number of anilines is 2. The molecule has 0 aromatic heterocycles. The van der Waals surface area contributed by atoms with Crippen LogP contribution in [0.2, 0.25) is 0 Å². The molecule has 4 heteroatoms. The molecule has 1 atom stereocenters. The highest BCUT2D eigenvalue weighted by molar-refractivity contribution is 5.71. The lowest BCUT2D eigenvalue weighted by Crippen LogP contribution is -2.16. The first-order valence-corrected chi connectivity index (χ1v) is 6.32. The summed E-state index contributed by atoms with van der Waals surface area (Å²) in [5.41, 5.74) is 8.75. The fraction of sp³-hybridized carbons (Fsp3) is 0.188. The number of halogens is 1. The molecule has 0 aliphatic carbocycles. The Labute approximate surface area is 118 Å². The molecule has 102 valence electrons. The quantitative estimate of drug-likeness (QED) is 0.928. The van der Waals surface area contributed by atoms with Crippen LogP contribution in [0.15, 0.2) is 42.5 Å². The lowest BCUT2D eigenvalue weighted by molar-refractivity contribution is 0.622. The summed E-state index contributed by atoms with van der Waals surface area (Å²) in [6.45, 7) is 1.81. The van der Waals surface area contributed by atoms with E-state index in [1.165, 1.54) is 12.1 Å². The Kier molecular flexibility index (Phi) is 4.02. The molecular formula is C16H16FN3. The van der Waals surface area contributed by atoms with Gasteiger partial charge in [-0.05, 0) is 42.8 Å². The van der Waals surface area contributed by atoms with E-state index in [0.717, 1.165) is 11.4 Å². The summed E-state index contributed by atoms with van der Waals surface area (Å²) in [6.07, 6.45) is 0. The zero-order valence-corrected chi connectivity index (χ0v) is 11.5. The molecule has 0 fully saturated rings. The summed E-state index contributed by atoms with van der Waals surface area (Å²) >= 11 is 0. The lowest BCUT2D eigenvalue weighted by Gasteiger charge is -2.25. The fourth-order valence-corrected chi connectivity index (χ4v) is 2.19. The van der Waals surface area contributed by atoms with Crippen molar-refractivity contribution in [2.24, 2.45) is 5.73 Å². The van der Waals surface area contributed by atoms with Crippen LogP contribution < -0.4 is 10.6 Å². The van der Waals surface area contributed by atoms with Gasteiger partial charge in [0.2, 0.25) is 0 Å². The van der Waals surface area contributed by atoms with Gasteiger partial charge in [0, 0.05) is 18.8 Å². The van der Waals surface area contributed by atoms with E-state index in [2.05, 4.69) is 6.07 Å². The van der Waals surface area contributed by atoms with E-state index in [0.29, 0.717) is 11.1 Å². The van der Waals surface area contributed by atoms with Gasteiger partial charge in [-0.3, -0.25) is 0 Å². The third-order valence-corrected chi connectivity index (χ3v) is 3.23. The Morgan fingerprint density at radius 3 is 2.55 bits per heavy atom. The Balaban J connectivity index is 2.54. The zero-order chi connectivity index (χ0) is 14.7. The van der Waals surface area contributed by atoms with Gasteiger partial charge in [-0.1, -0.05) is 12.1 Å². The van der Waals surface area contributed by atoms with Crippen LogP contribution in [0.5, 0.6) is 0 Å². The summed E-state index contributed by atoms with van der Waals surface area (Å²) in [5, 5.41) is 9.18. The lowest BCUT2D eigenvalue weighted by atomic mass is 10.0. The van der Waals surface area contributed by atoms with Gasteiger partial charge in [-0.15, -0.1) is 0 Å². The van der Waals surface area contributed by atoms with Gasteiger partial charge >= 0.3 is 0 Å². The molecule has 20 heavy (non-hydrogen) atoms. The number of nitriles is 1. The number of nitrogens with zero attached hydrogens (tertiary/aromatic N) is 2. The smallest absolute Gasteiger partial charge is 0.123 e. The minimum Gasteiger partial charge on any atom is -0.343 e. The monoisotopic (exact) mass is 269 g/mol. The Morgan fingerprint density at radius 1 is 1.20 bits per heavy atom. The molecule has 0 aliphatic rings. The van der Waals surface area contributed by atoms with E-state index in [9.17, 15) is 9.65 Å². The summed E-state index contributed by atoms with van der Waals surface area (Å²) in [6, 6.07) is 13.7. The van der Waals surface area contributed by atoms with Crippen molar-refractivity contribution in [3.8, 4) is 6.07 Å². The van der Waals surface area contributed by atoms with Crippen LogP contribution >= 0.6 is 0 Å². The molecule has 2 N–H and O–H groups in total. The average Bonchev–Trinajstić information content (AvgIpc) is 2.46. The minimum absolute atomic E-state index is 0.294. The van der Waals surface area contributed by atoms with E-state index in [1.54, 1.807) is 12.1 Å². The Bertz CT molecular complexity index is 659. The zero-order valence-electron chi connectivity index (χ0n) is 11.5. The molecule has 0 heterocycles. The second kappa shape index (κ2) is 5.72. The van der Waals surface area contributed by atoms with E-state index >= 15 is 0 Å². The average molecular weight is 269 g/mol. The van der Waals surface area contributed by atoms with Crippen molar-refractivity contribution in [2.75, 3.05) is 11.9 Å². The molecule has 0 unspecified atom stereocenters. The Morgan fingerprint density at radius 2 is 1.90 bits per heavy atom. The maximum atomic E-state index is 13.4. The SMILES string of the molecule is C[C@@H](N)c1cc(F)ccc1N(C)c1ccccc1C#N. The van der Waals surface area contributed by atoms with Crippen LogP contribution in [-0.4, -0.2) is 7.05 Å². The van der Waals surface area contributed by atoms with Crippen LogP contribution in [0.3, 0.4) is 0 Å². The predicted octanol–water partition coefficient (Wildman–Crippen LogP) is 3.48. The number of hydrogen-bond acceptors (Lipinski definition) is 3. The summed E-state index contributed by atoms with van der Waals surface area (Å²) in [4.78, 5) is 1.86. The van der Waals surface area contributed by atoms with Crippen molar-refractivity contribution in [3.05, 3.63) is 59.4 Å². The molecule has 2 rings (SSSR count). The van der Waals surface area contributed by atoms with Crippen molar-refractivity contribution in [2.45, 2.75) is 13.0 Å². The van der Waals surface area contributed by atoms with Crippen molar-refractivity contribution < 1.29 is 4.39 Å². The van der Waals surface area contributed by atoms with Gasteiger partial charge < -0.3 is 10.6 Å². The summed E-state index contributed by atoms with van der Waals surface area (Å²) in [5.74, 6) is -0.317. The molecule has 2 aromatic rings. The summed E-state index contributed by atoms with van der Waals surface area (Å²) in [7, 11) is 1.84. The highest BCUT2D eigenvalue weighted by atomic mass is 19.1. The number of rotatable bonds is 3. The number of para-hydroxylation sites is 1. The van der Waals surface area contributed by atoms with E-state index in [-0.39, 0.29) is 11.9 Å². The van der Waals surface area contributed by atoms with Gasteiger partial charge in [-0.2, -0.15) is 5.26 Å². The third kappa shape index (κ3) is 2.63. The molecule has 0 amide bonds. The standard InChI is InChI=1S/C16H16FN3/c1-11(19)14-9-13(17)7-8-16(14)20(2)15-6-4-3-5-12(15)10-18/h3-9,11H,19H2,1-2H3/t11-/m1/s1. The van der Waals surface area contributed by atoms with E-state index in [4.69, 9.17) is 5.73 Å². The number of benzene rings is 2. The normalized spacial score (nSPS) is 11.8. The highest BCUT2D eigenvalue weighted by Gasteiger charge is 2.15. The van der Waals surface area contributed by atoms with E-state index < -0.39 is 0 Å². The Hall–Kier alpha value is -2.38. The predicted molar refractivity (Wildman–Crippen MR) is 78.2 cm³/mol. The number of hydrogen-bond donors (Lipinski definition) is 1. The molecular weight excluding hydrogens is 253 g/mol. The van der Waals surface area contributed by atoms with Crippen LogP contribution in [0.4, 0.5) is 15.8 Å². The molecule has 0 saturated carbocycles. The molecule has 0 radical (unpaired) electrons. The van der Waals surface area contributed by atoms with Crippen LogP contribution in [-0.2, 0) is 0 Å². The second-order valence-corrected chi connectivity index (χ2v) is 4.68. The molecule has 0 aliphatic heterocycles. The van der Waals surface area contributed by atoms with Crippen LogP contribution in [0, 0.1) is 17.1 Å². The van der Waals surface area contributed by atoms with Crippen molar-refractivity contribution in [1.82, 2.24) is 0 Å². The van der Waals surface area contributed by atoms with Crippen molar-refractivity contribution in [3.63, 3.8) is 0 Å². The second-order valence-electron chi connectivity index (χ2n) is 4.68. The maximum absolute atomic E-state index is 13.4. The molecule has 3 nitrogen and oxygen atoms in total.